The van der Waals surface area contributed by atoms with Gasteiger partial charge < -0.3 is 33.5 Å². The van der Waals surface area contributed by atoms with E-state index in [-0.39, 0.29) is 42.2 Å². The van der Waals surface area contributed by atoms with Crippen LogP contribution in [0.4, 0.5) is 24.7 Å². The van der Waals surface area contributed by atoms with Crippen molar-refractivity contribution in [3.63, 3.8) is 0 Å². The third-order valence-electron chi connectivity index (χ3n) is 7.61. The molecule has 0 aromatic carbocycles. The molecule has 11 nitrogen and oxygen atoms in total. The van der Waals surface area contributed by atoms with Crippen LogP contribution in [0.3, 0.4) is 0 Å². The van der Waals surface area contributed by atoms with E-state index in [1.807, 2.05) is 6.92 Å². The predicted molar refractivity (Wildman–Crippen MR) is 138 cm³/mol. The van der Waals surface area contributed by atoms with Crippen LogP contribution < -0.4 is 14.5 Å². The van der Waals surface area contributed by atoms with Crippen LogP contribution in [0, 0.1) is 0 Å². The van der Waals surface area contributed by atoms with E-state index in [4.69, 9.17) is 30.2 Å². The number of hydrogen-bond donors (Lipinski definition) is 1. The molecule has 6 rings (SSSR count). The number of carbonyl (C=O) groups is 1. The van der Waals surface area contributed by atoms with Crippen LogP contribution in [-0.4, -0.2) is 82.7 Å². The van der Waals surface area contributed by atoms with Gasteiger partial charge >= 0.3 is 12.1 Å². The molecule has 3 aliphatic heterocycles. The third kappa shape index (κ3) is 5.15. The molecule has 0 saturated carbocycles. The Morgan fingerprint density at radius 1 is 1.24 bits per heavy atom. The highest BCUT2D eigenvalue weighted by atomic mass is 35.5. The van der Waals surface area contributed by atoms with Gasteiger partial charge in [0.2, 0.25) is 11.7 Å². The molecule has 0 amide bonds. The van der Waals surface area contributed by atoms with Crippen molar-refractivity contribution in [2.75, 3.05) is 42.7 Å². The van der Waals surface area contributed by atoms with Crippen LogP contribution in [0.2, 0.25) is 5.02 Å². The number of carboxylic acids is 1. The fourth-order valence-electron chi connectivity index (χ4n) is 5.40. The second kappa shape index (κ2) is 10.3. The topological polar surface area (TPSA) is 123 Å². The Bertz CT molecular complexity index is 1440. The third-order valence-corrected chi connectivity index (χ3v) is 7.82. The standard InChI is InChI=1S/C26H25ClF3N5O6/c1-14-25(12-38-13-25)40-6-4-34(14)18-7-15(27)10-31-22(18)41-16-8-19(23(36)37)35(11-16)21-9-17(20-3-2-5-39-20)32-24(33-21)26(28,29)30/h2-3,5,7,9-10,14,16,19H,4,6,8,11-13H2,1H3,(H,36,37)/t14-,16-,19-/m0/s1. The number of rotatable bonds is 6. The molecule has 3 aromatic heterocycles. The quantitative estimate of drug-likeness (QED) is 0.446. The normalized spacial score (nSPS) is 24.0. The van der Waals surface area contributed by atoms with Crippen molar-refractivity contribution in [2.24, 2.45) is 0 Å². The van der Waals surface area contributed by atoms with Crippen molar-refractivity contribution in [1.29, 1.82) is 0 Å². The number of hydrogen-bond acceptors (Lipinski definition) is 10. The highest BCUT2D eigenvalue weighted by molar-refractivity contribution is 6.30. The number of furan rings is 1. The minimum absolute atomic E-state index is 0.0308. The maximum absolute atomic E-state index is 13.7. The Morgan fingerprint density at radius 2 is 2.05 bits per heavy atom. The number of nitrogens with zero attached hydrogens (tertiary/aromatic N) is 5. The number of alkyl halides is 3. The molecule has 1 spiro atoms. The summed E-state index contributed by atoms with van der Waals surface area (Å²) in [6.07, 6.45) is -2.92. The molecule has 41 heavy (non-hydrogen) atoms. The molecule has 0 bridgehead atoms. The lowest BCUT2D eigenvalue weighted by Gasteiger charge is -2.53. The van der Waals surface area contributed by atoms with Gasteiger partial charge in [0.25, 0.3) is 0 Å². The SMILES string of the molecule is C[C@@H]1N(c2cc(Cl)cnc2O[C@H]2C[C@@H](C(=O)O)N(c3cc(-c4ccco4)nc(C(F)(F)F)n3)C2)CCOC12COC2. The molecule has 3 saturated heterocycles. The number of aliphatic carboxylic acids is 1. The Balaban J connectivity index is 1.30. The van der Waals surface area contributed by atoms with Crippen LogP contribution in [0.1, 0.15) is 19.2 Å². The summed E-state index contributed by atoms with van der Waals surface area (Å²) in [4.78, 5) is 27.2. The van der Waals surface area contributed by atoms with E-state index in [9.17, 15) is 23.1 Å². The first-order chi connectivity index (χ1) is 19.5. The van der Waals surface area contributed by atoms with E-state index >= 15 is 0 Å². The van der Waals surface area contributed by atoms with E-state index in [0.29, 0.717) is 37.1 Å². The second-order valence-corrected chi connectivity index (χ2v) is 10.6. The maximum atomic E-state index is 13.7. The predicted octanol–water partition coefficient (Wildman–Crippen LogP) is 3.91. The summed E-state index contributed by atoms with van der Waals surface area (Å²) < 4.78 is 64.0. The van der Waals surface area contributed by atoms with Crippen LogP contribution in [0.25, 0.3) is 11.5 Å². The van der Waals surface area contributed by atoms with Crippen molar-refractivity contribution in [3.05, 3.63) is 47.6 Å². The van der Waals surface area contributed by atoms with E-state index in [1.54, 1.807) is 6.07 Å². The summed E-state index contributed by atoms with van der Waals surface area (Å²) >= 11 is 6.30. The number of halogens is 4. The Morgan fingerprint density at radius 3 is 2.71 bits per heavy atom. The van der Waals surface area contributed by atoms with Gasteiger partial charge in [0, 0.05) is 25.2 Å². The number of morpholine rings is 1. The van der Waals surface area contributed by atoms with Gasteiger partial charge in [-0.25, -0.2) is 19.7 Å². The summed E-state index contributed by atoms with van der Waals surface area (Å²) in [5, 5.41) is 10.4. The lowest BCUT2D eigenvalue weighted by molar-refractivity contribution is -0.228. The monoisotopic (exact) mass is 595 g/mol. The van der Waals surface area contributed by atoms with Crippen molar-refractivity contribution >= 4 is 29.1 Å². The minimum Gasteiger partial charge on any atom is -0.480 e. The fourth-order valence-corrected chi connectivity index (χ4v) is 5.55. The Kier molecular flexibility index (Phi) is 6.94. The Labute approximate surface area is 236 Å². The van der Waals surface area contributed by atoms with Crippen LogP contribution in [-0.2, 0) is 20.4 Å². The zero-order valence-electron chi connectivity index (χ0n) is 21.7. The molecule has 6 heterocycles. The van der Waals surface area contributed by atoms with Gasteiger partial charge in [-0.2, -0.15) is 13.2 Å². The Hall–Kier alpha value is -3.62. The van der Waals surface area contributed by atoms with Gasteiger partial charge in [0.1, 0.15) is 34.9 Å². The summed E-state index contributed by atoms with van der Waals surface area (Å²) in [7, 11) is 0. The first-order valence-electron chi connectivity index (χ1n) is 12.8. The molecule has 0 aliphatic carbocycles. The molecule has 15 heteroatoms. The summed E-state index contributed by atoms with van der Waals surface area (Å²) in [5.74, 6) is -2.55. The summed E-state index contributed by atoms with van der Waals surface area (Å²) in [6, 6.07) is 4.65. The highest BCUT2D eigenvalue weighted by Gasteiger charge is 2.50. The molecule has 218 valence electrons. The van der Waals surface area contributed by atoms with Crippen molar-refractivity contribution in [1.82, 2.24) is 15.0 Å². The highest BCUT2D eigenvalue weighted by Crippen LogP contribution is 2.40. The van der Waals surface area contributed by atoms with Crippen LogP contribution >= 0.6 is 11.6 Å². The van der Waals surface area contributed by atoms with Crippen LogP contribution in [0.15, 0.2) is 41.1 Å². The molecule has 3 fully saturated rings. The lowest BCUT2D eigenvalue weighted by Crippen LogP contribution is -2.68. The fraction of sp³-hybridized carbons (Fsp3) is 0.462. The molecule has 3 aromatic rings. The van der Waals surface area contributed by atoms with Gasteiger partial charge in [-0.05, 0) is 25.1 Å². The number of ether oxygens (including phenoxy) is 3. The number of pyridine rings is 1. The second-order valence-electron chi connectivity index (χ2n) is 10.1. The van der Waals surface area contributed by atoms with E-state index in [2.05, 4.69) is 19.9 Å². The molecule has 3 atom stereocenters. The molecular weight excluding hydrogens is 571 g/mol. The zero-order chi connectivity index (χ0) is 28.9. The zero-order valence-corrected chi connectivity index (χ0v) is 22.4. The molecule has 1 N–H and O–H groups in total. The lowest BCUT2D eigenvalue weighted by atomic mass is 9.90. The van der Waals surface area contributed by atoms with Crippen molar-refractivity contribution in [2.45, 2.75) is 43.3 Å². The van der Waals surface area contributed by atoms with Gasteiger partial charge in [-0.15, -0.1) is 0 Å². The van der Waals surface area contributed by atoms with Crippen molar-refractivity contribution in [3.8, 4) is 17.3 Å². The van der Waals surface area contributed by atoms with Gasteiger partial charge in [0.15, 0.2) is 5.76 Å². The molecule has 3 aliphatic rings. The van der Waals surface area contributed by atoms with Gasteiger partial charge in [0.05, 0.1) is 43.7 Å². The average molecular weight is 596 g/mol. The van der Waals surface area contributed by atoms with Crippen LogP contribution in [0.5, 0.6) is 5.88 Å². The van der Waals surface area contributed by atoms with Crippen molar-refractivity contribution < 1.29 is 41.7 Å². The first-order valence-corrected chi connectivity index (χ1v) is 13.2. The molecule has 0 radical (unpaired) electrons. The number of anilines is 2. The van der Waals surface area contributed by atoms with E-state index in [0.717, 1.165) is 0 Å². The average Bonchev–Trinajstić information content (AvgIpc) is 3.59. The van der Waals surface area contributed by atoms with E-state index in [1.165, 1.54) is 35.6 Å². The minimum atomic E-state index is -4.87. The summed E-state index contributed by atoms with van der Waals surface area (Å²) in [6.45, 7) is 3.83. The number of aromatic nitrogens is 3. The van der Waals surface area contributed by atoms with E-state index < -0.39 is 35.7 Å². The first kappa shape index (κ1) is 27.5. The van der Waals surface area contributed by atoms with Gasteiger partial charge in [-0.3, -0.25) is 0 Å². The largest absolute Gasteiger partial charge is 0.480 e. The smallest absolute Gasteiger partial charge is 0.451 e. The number of carboxylic acid groups (broad SMARTS) is 1. The summed E-state index contributed by atoms with van der Waals surface area (Å²) in [5.41, 5.74) is 0.00905. The molecular formula is C26H25ClF3N5O6. The molecule has 0 unspecified atom stereocenters. The van der Waals surface area contributed by atoms with Gasteiger partial charge in [-0.1, -0.05) is 11.6 Å². The maximum Gasteiger partial charge on any atom is 0.451 e.